The van der Waals surface area contributed by atoms with Gasteiger partial charge in [-0.1, -0.05) is 48.6 Å². The summed E-state index contributed by atoms with van der Waals surface area (Å²) < 4.78 is 22.9. The fraction of sp³-hybridized carbons (Fsp3) is 0.421. The largest absolute Gasteiger partial charge is 0.497 e. The van der Waals surface area contributed by atoms with Crippen LogP contribution in [0, 0.1) is 5.92 Å². The van der Waals surface area contributed by atoms with Crippen molar-refractivity contribution in [2.75, 3.05) is 38.7 Å². The number of allylic oxidation sites excluding steroid dienone is 2. The number of benzene rings is 3. The zero-order valence-electron chi connectivity index (χ0n) is 27.3. The first kappa shape index (κ1) is 34.3. The van der Waals surface area contributed by atoms with Crippen LogP contribution in [0.4, 0.5) is 5.69 Å². The molecular weight excluding hydrogens is 596 g/mol. The molecule has 4 atom stereocenters. The van der Waals surface area contributed by atoms with E-state index in [4.69, 9.17) is 18.9 Å². The number of amides is 1. The van der Waals surface area contributed by atoms with E-state index in [9.17, 15) is 14.7 Å². The highest BCUT2D eigenvalue weighted by Gasteiger charge is 2.45. The lowest BCUT2D eigenvalue weighted by Crippen LogP contribution is -2.50. The van der Waals surface area contributed by atoms with E-state index >= 15 is 0 Å². The fourth-order valence-electron chi connectivity index (χ4n) is 6.51. The van der Waals surface area contributed by atoms with Crippen molar-refractivity contribution < 1.29 is 33.6 Å². The molecule has 2 aliphatic rings. The molecule has 1 unspecified atom stereocenters. The van der Waals surface area contributed by atoms with E-state index in [2.05, 4.69) is 46.6 Å². The van der Waals surface area contributed by atoms with Crippen LogP contribution in [0.5, 0.6) is 11.5 Å². The second-order valence-electron chi connectivity index (χ2n) is 12.2. The number of nitrogens with one attached hydrogen (secondary N) is 1. The summed E-state index contributed by atoms with van der Waals surface area (Å²) in [7, 11) is 1.67. The number of rotatable bonds is 14. The van der Waals surface area contributed by atoms with Gasteiger partial charge in [-0.25, -0.2) is 0 Å². The monoisotopic (exact) mass is 642 g/mol. The SMILES string of the molecule is COc1cccc(-c2ccc(CO[C@H]3C[C@@H](O)[C@H](N4CCOCC4)C3CCC=CCCC(=O)Oc3ccc(NC(C)=O)cc3)cc2)c1. The van der Waals surface area contributed by atoms with Crippen LogP contribution in [0.15, 0.2) is 84.9 Å². The second-order valence-corrected chi connectivity index (χ2v) is 12.2. The zero-order chi connectivity index (χ0) is 33.0. The van der Waals surface area contributed by atoms with E-state index in [1.54, 1.807) is 31.4 Å². The van der Waals surface area contributed by atoms with Gasteiger partial charge in [0.2, 0.25) is 5.91 Å². The Morgan fingerprint density at radius 1 is 0.957 bits per heavy atom. The number of morpholine rings is 1. The minimum atomic E-state index is -0.454. The van der Waals surface area contributed by atoms with Crippen molar-refractivity contribution in [1.29, 1.82) is 0 Å². The van der Waals surface area contributed by atoms with Crippen molar-refractivity contribution in [2.24, 2.45) is 5.92 Å². The highest BCUT2D eigenvalue weighted by atomic mass is 16.5. The van der Waals surface area contributed by atoms with Crippen LogP contribution >= 0.6 is 0 Å². The summed E-state index contributed by atoms with van der Waals surface area (Å²) in [5.74, 6) is 0.988. The fourth-order valence-corrected chi connectivity index (χ4v) is 6.51. The van der Waals surface area contributed by atoms with Crippen LogP contribution in [-0.4, -0.2) is 73.5 Å². The molecule has 0 aromatic heterocycles. The number of anilines is 1. The predicted octanol–water partition coefficient (Wildman–Crippen LogP) is 6.01. The van der Waals surface area contributed by atoms with Crippen molar-refractivity contribution in [3.8, 4) is 22.6 Å². The Labute approximate surface area is 277 Å². The molecule has 1 amide bonds. The van der Waals surface area contributed by atoms with Crippen molar-refractivity contribution in [3.63, 3.8) is 0 Å². The van der Waals surface area contributed by atoms with Crippen molar-refractivity contribution >= 4 is 17.6 Å². The zero-order valence-corrected chi connectivity index (χ0v) is 27.3. The minimum Gasteiger partial charge on any atom is -0.497 e. The summed E-state index contributed by atoms with van der Waals surface area (Å²) in [6.45, 7) is 4.90. The van der Waals surface area contributed by atoms with Crippen LogP contribution < -0.4 is 14.8 Å². The summed E-state index contributed by atoms with van der Waals surface area (Å²) in [6, 6.07) is 23.2. The van der Waals surface area contributed by atoms with Crippen LogP contribution in [0.1, 0.15) is 44.6 Å². The molecule has 3 aromatic rings. The average molecular weight is 643 g/mol. The van der Waals surface area contributed by atoms with Gasteiger partial charge in [0.1, 0.15) is 11.5 Å². The maximum atomic E-state index is 12.3. The van der Waals surface area contributed by atoms with Crippen LogP contribution in [-0.2, 0) is 25.7 Å². The summed E-state index contributed by atoms with van der Waals surface area (Å²) in [6.07, 6.45) is 6.78. The standard InChI is InChI=1S/C38H46N2O7/c1-27(41)39-31-16-18-32(19-17-31)47-37(43)11-6-4-3-5-10-34-36(25-35(42)38(34)40-20-22-45-23-21-40)46-26-28-12-14-29(15-13-28)30-8-7-9-33(24-30)44-2/h3-4,7-9,12-19,24,34-36,38,42H,5-6,10-11,20-23,25-26H2,1-2H3,(H,39,41)/t34?,35-,36+,38-/m1/s1. The Kier molecular flexibility index (Phi) is 12.6. The summed E-state index contributed by atoms with van der Waals surface area (Å²) in [5.41, 5.74) is 3.96. The molecule has 0 radical (unpaired) electrons. The van der Waals surface area contributed by atoms with Gasteiger partial charge in [-0.2, -0.15) is 0 Å². The number of methoxy groups -OCH3 is 1. The summed E-state index contributed by atoms with van der Waals surface area (Å²) in [4.78, 5) is 25.9. The molecule has 1 aliphatic heterocycles. The Balaban J connectivity index is 1.12. The number of hydrogen-bond acceptors (Lipinski definition) is 8. The number of hydrogen-bond donors (Lipinski definition) is 2. The van der Waals surface area contributed by atoms with E-state index in [-0.39, 0.29) is 36.4 Å². The Hall–Kier alpha value is -4.02. The first-order valence-electron chi connectivity index (χ1n) is 16.5. The topological polar surface area (TPSA) is 107 Å². The summed E-state index contributed by atoms with van der Waals surface area (Å²) >= 11 is 0. The molecular formula is C38H46N2O7. The van der Waals surface area contributed by atoms with Crippen molar-refractivity contribution in [1.82, 2.24) is 4.90 Å². The van der Waals surface area contributed by atoms with Gasteiger partial charge in [-0.3, -0.25) is 14.5 Å². The van der Waals surface area contributed by atoms with Crippen LogP contribution in [0.3, 0.4) is 0 Å². The van der Waals surface area contributed by atoms with Gasteiger partial charge >= 0.3 is 5.97 Å². The second kappa shape index (κ2) is 17.2. The van der Waals surface area contributed by atoms with E-state index in [1.165, 1.54) is 6.92 Å². The van der Waals surface area contributed by atoms with Gasteiger partial charge < -0.3 is 29.4 Å². The summed E-state index contributed by atoms with van der Waals surface area (Å²) in [5, 5.41) is 13.9. The minimum absolute atomic E-state index is 0.0275. The lowest BCUT2D eigenvalue weighted by molar-refractivity contribution is -0.134. The Morgan fingerprint density at radius 2 is 1.70 bits per heavy atom. The average Bonchev–Trinajstić information content (AvgIpc) is 3.40. The number of carbonyl (C=O) groups is 2. The number of aliphatic hydroxyl groups excluding tert-OH is 1. The normalized spacial score (nSPS) is 21.5. The van der Waals surface area contributed by atoms with E-state index < -0.39 is 6.10 Å². The highest BCUT2D eigenvalue weighted by molar-refractivity contribution is 5.88. The van der Waals surface area contributed by atoms with Gasteiger partial charge in [0.15, 0.2) is 0 Å². The van der Waals surface area contributed by atoms with Gasteiger partial charge in [-0.15, -0.1) is 0 Å². The van der Waals surface area contributed by atoms with Crippen LogP contribution in [0.2, 0.25) is 0 Å². The number of esters is 1. The van der Waals surface area contributed by atoms with Crippen molar-refractivity contribution in [2.45, 2.75) is 63.9 Å². The van der Waals surface area contributed by atoms with Gasteiger partial charge in [-0.05, 0) is 72.4 Å². The van der Waals surface area contributed by atoms with E-state index in [0.29, 0.717) is 44.1 Å². The van der Waals surface area contributed by atoms with Crippen molar-refractivity contribution in [3.05, 3.63) is 90.5 Å². The number of nitrogens with zero attached hydrogens (tertiary/aromatic N) is 1. The first-order chi connectivity index (χ1) is 22.9. The van der Waals surface area contributed by atoms with Gasteiger partial charge in [0.25, 0.3) is 0 Å². The molecule has 0 spiro atoms. The molecule has 2 N–H and O–H groups in total. The van der Waals surface area contributed by atoms with E-state index in [0.717, 1.165) is 48.4 Å². The number of carbonyl (C=O) groups excluding carboxylic acids is 2. The molecule has 1 saturated heterocycles. The smallest absolute Gasteiger partial charge is 0.311 e. The maximum absolute atomic E-state index is 12.3. The van der Waals surface area contributed by atoms with Crippen LogP contribution in [0.25, 0.3) is 11.1 Å². The molecule has 0 bridgehead atoms. The molecule has 1 aliphatic carbocycles. The third kappa shape index (κ3) is 9.98. The van der Waals surface area contributed by atoms with E-state index in [1.807, 2.05) is 24.3 Å². The van der Waals surface area contributed by atoms with Gasteiger partial charge in [0, 0.05) is 50.5 Å². The molecule has 250 valence electrons. The third-order valence-electron chi connectivity index (χ3n) is 8.83. The quantitative estimate of drug-likeness (QED) is 0.125. The molecule has 47 heavy (non-hydrogen) atoms. The third-order valence-corrected chi connectivity index (χ3v) is 8.83. The highest BCUT2D eigenvalue weighted by Crippen LogP contribution is 2.37. The number of ether oxygens (including phenoxy) is 4. The molecule has 9 nitrogen and oxygen atoms in total. The van der Waals surface area contributed by atoms with Gasteiger partial charge in [0.05, 0.1) is 39.1 Å². The molecule has 9 heteroatoms. The molecule has 2 fully saturated rings. The molecule has 5 rings (SSSR count). The molecule has 3 aromatic carbocycles. The maximum Gasteiger partial charge on any atom is 0.311 e. The lowest BCUT2D eigenvalue weighted by Gasteiger charge is -2.38. The Morgan fingerprint density at radius 3 is 2.43 bits per heavy atom. The Bertz CT molecular complexity index is 1470. The lowest BCUT2D eigenvalue weighted by atomic mass is 9.93. The molecule has 1 heterocycles. The first-order valence-corrected chi connectivity index (χ1v) is 16.5. The predicted molar refractivity (Wildman–Crippen MR) is 181 cm³/mol. The molecule has 1 saturated carbocycles. The number of aliphatic hydroxyl groups is 1.